The molecule has 28 heavy (non-hydrogen) atoms. The third-order valence-corrected chi connectivity index (χ3v) is 4.69. The number of rotatable bonds is 5. The molecule has 1 fully saturated rings. The van der Waals surface area contributed by atoms with Crippen LogP contribution >= 0.6 is 0 Å². The van der Waals surface area contributed by atoms with Crippen molar-refractivity contribution in [3.05, 3.63) is 89.8 Å². The SMILES string of the molecule is O=C(/C=C\c1cn(Cc2ccccc2)nn1)N1CCO[C@H](c2ccccc2)C1. The van der Waals surface area contributed by atoms with E-state index in [0.29, 0.717) is 31.9 Å². The molecular weight excluding hydrogens is 352 g/mol. The van der Waals surface area contributed by atoms with Crippen molar-refractivity contribution in [3.8, 4) is 0 Å². The number of ether oxygens (including phenoxy) is 1. The molecule has 4 rings (SSSR count). The highest BCUT2D eigenvalue weighted by Crippen LogP contribution is 2.22. The van der Waals surface area contributed by atoms with E-state index < -0.39 is 0 Å². The summed E-state index contributed by atoms with van der Waals surface area (Å²) in [4.78, 5) is 14.4. The van der Waals surface area contributed by atoms with E-state index in [4.69, 9.17) is 4.74 Å². The van der Waals surface area contributed by atoms with Gasteiger partial charge in [-0.3, -0.25) is 4.79 Å². The number of nitrogens with zero attached hydrogens (tertiary/aromatic N) is 4. The van der Waals surface area contributed by atoms with E-state index in [9.17, 15) is 4.79 Å². The van der Waals surface area contributed by atoms with Crippen LogP contribution in [0.2, 0.25) is 0 Å². The zero-order valence-electron chi connectivity index (χ0n) is 15.5. The van der Waals surface area contributed by atoms with E-state index in [-0.39, 0.29) is 12.0 Å². The van der Waals surface area contributed by atoms with Crippen LogP contribution in [0, 0.1) is 0 Å². The summed E-state index contributed by atoms with van der Waals surface area (Å²) < 4.78 is 7.59. The third-order valence-electron chi connectivity index (χ3n) is 4.69. The molecule has 0 spiro atoms. The first kappa shape index (κ1) is 18.1. The summed E-state index contributed by atoms with van der Waals surface area (Å²) in [5.74, 6) is -0.0400. The molecule has 2 aromatic carbocycles. The Balaban J connectivity index is 1.36. The highest BCUT2D eigenvalue weighted by atomic mass is 16.5. The molecule has 1 amide bonds. The molecule has 0 radical (unpaired) electrons. The third kappa shape index (κ3) is 4.53. The highest BCUT2D eigenvalue weighted by Gasteiger charge is 2.24. The first-order chi connectivity index (χ1) is 13.8. The number of carbonyl (C=O) groups excluding carboxylic acids is 1. The summed E-state index contributed by atoms with van der Waals surface area (Å²) in [7, 11) is 0. The number of hydrogen-bond acceptors (Lipinski definition) is 4. The smallest absolute Gasteiger partial charge is 0.246 e. The molecule has 1 aromatic heterocycles. The van der Waals surface area contributed by atoms with Crippen molar-refractivity contribution in [1.29, 1.82) is 0 Å². The lowest BCUT2D eigenvalue weighted by atomic mass is 10.1. The molecular formula is C22H22N4O2. The molecule has 6 nitrogen and oxygen atoms in total. The predicted octanol–water partition coefficient (Wildman–Crippen LogP) is 2.94. The fourth-order valence-electron chi connectivity index (χ4n) is 3.22. The molecule has 142 valence electrons. The van der Waals surface area contributed by atoms with Gasteiger partial charge in [-0.05, 0) is 17.2 Å². The molecule has 1 atom stereocenters. The number of benzene rings is 2. The monoisotopic (exact) mass is 374 g/mol. The number of hydrogen-bond donors (Lipinski definition) is 0. The number of carbonyl (C=O) groups is 1. The molecule has 1 aliphatic rings. The van der Waals surface area contributed by atoms with Crippen LogP contribution in [0.5, 0.6) is 0 Å². The van der Waals surface area contributed by atoms with Crippen LogP contribution in [0.15, 0.2) is 72.9 Å². The first-order valence-corrected chi connectivity index (χ1v) is 9.35. The van der Waals surface area contributed by atoms with Crippen molar-refractivity contribution in [2.45, 2.75) is 12.6 Å². The maximum atomic E-state index is 12.6. The van der Waals surface area contributed by atoms with Gasteiger partial charge in [0.05, 0.1) is 25.9 Å². The van der Waals surface area contributed by atoms with Crippen molar-refractivity contribution < 1.29 is 9.53 Å². The van der Waals surface area contributed by atoms with Crippen LogP contribution in [0.1, 0.15) is 22.9 Å². The summed E-state index contributed by atoms with van der Waals surface area (Å²) >= 11 is 0. The Hall–Kier alpha value is -3.25. The van der Waals surface area contributed by atoms with E-state index in [0.717, 1.165) is 11.1 Å². The lowest BCUT2D eigenvalue weighted by molar-refractivity contribution is -0.133. The van der Waals surface area contributed by atoms with Crippen LogP contribution in [-0.4, -0.2) is 45.5 Å². The summed E-state index contributed by atoms with van der Waals surface area (Å²) in [5, 5.41) is 8.25. The van der Waals surface area contributed by atoms with Gasteiger partial charge in [-0.2, -0.15) is 0 Å². The lowest BCUT2D eigenvalue weighted by Crippen LogP contribution is -2.41. The molecule has 0 saturated carbocycles. The Kier molecular flexibility index (Phi) is 5.58. The standard InChI is InChI=1S/C22H22N4O2/c27-22(25-13-14-28-21(17-25)19-9-5-2-6-10-19)12-11-20-16-26(24-23-20)15-18-7-3-1-4-8-18/h1-12,16,21H,13-15,17H2/b12-11-/t21-/m0/s1. The van der Waals surface area contributed by atoms with Crippen LogP contribution in [0.25, 0.3) is 6.08 Å². The minimum atomic E-state index is -0.0842. The van der Waals surface area contributed by atoms with Crippen molar-refractivity contribution >= 4 is 12.0 Å². The van der Waals surface area contributed by atoms with Crippen molar-refractivity contribution in [3.63, 3.8) is 0 Å². The summed E-state index contributed by atoms with van der Waals surface area (Å²) in [6.45, 7) is 2.32. The normalized spacial score (nSPS) is 17.1. The van der Waals surface area contributed by atoms with E-state index >= 15 is 0 Å². The number of aromatic nitrogens is 3. The summed E-state index contributed by atoms with van der Waals surface area (Å²) in [5.41, 5.74) is 2.91. The van der Waals surface area contributed by atoms with Gasteiger partial charge in [0.25, 0.3) is 0 Å². The van der Waals surface area contributed by atoms with Gasteiger partial charge in [-0.1, -0.05) is 65.9 Å². The topological polar surface area (TPSA) is 60.2 Å². The Bertz CT molecular complexity index is 937. The highest BCUT2D eigenvalue weighted by molar-refractivity contribution is 5.91. The van der Waals surface area contributed by atoms with Gasteiger partial charge in [0.2, 0.25) is 5.91 Å². The maximum absolute atomic E-state index is 12.6. The van der Waals surface area contributed by atoms with Crippen molar-refractivity contribution in [1.82, 2.24) is 19.9 Å². The number of morpholine rings is 1. The van der Waals surface area contributed by atoms with E-state index in [2.05, 4.69) is 10.3 Å². The fourth-order valence-corrected chi connectivity index (χ4v) is 3.22. The van der Waals surface area contributed by atoms with Gasteiger partial charge in [0, 0.05) is 12.6 Å². The lowest BCUT2D eigenvalue weighted by Gasteiger charge is -2.32. The quantitative estimate of drug-likeness (QED) is 0.644. The molecule has 1 saturated heterocycles. The second-order valence-electron chi connectivity index (χ2n) is 6.71. The minimum Gasteiger partial charge on any atom is -0.370 e. The zero-order valence-corrected chi connectivity index (χ0v) is 15.5. The van der Waals surface area contributed by atoms with Crippen LogP contribution in [0.3, 0.4) is 0 Å². The van der Waals surface area contributed by atoms with Crippen LogP contribution in [-0.2, 0) is 16.1 Å². The molecule has 0 N–H and O–H groups in total. The van der Waals surface area contributed by atoms with Gasteiger partial charge < -0.3 is 9.64 Å². The largest absolute Gasteiger partial charge is 0.370 e. The Morgan fingerprint density at radius 2 is 1.86 bits per heavy atom. The maximum Gasteiger partial charge on any atom is 0.246 e. The molecule has 3 aromatic rings. The molecule has 0 unspecified atom stereocenters. The van der Waals surface area contributed by atoms with E-state index in [1.165, 1.54) is 0 Å². The van der Waals surface area contributed by atoms with Gasteiger partial charge in [0.15, 0.2) is 0 Å². The van der Waals surface area contributed by atoms with Crippen molar-refractivity contribution in [2.75, 3.05) is 19.7 Å². The molecule has 2 heterocycles. The molecule has 1 aliphatic heterocycles. The average Bonchev–Trinajstić information content (AvgIpc) is 3.21. The van der Waals surface area contributed by atoms with Crippen LogP contribution < -0.4 is 0 Å². The van der Waals surface area contributed by atoms with E-state index in [1.54, 1.807) is 16.8 Å². The summed E-state index contributed by atoms with van der Waals surface area (Å²) in [6.07, 6.45) is 5.02. The van der Waals surface area contributed by atoms with Crippen LogP contribution in [0.4, 0.5) is 0 Å². The zero-order chi connectivity index (χ0) is 19.2. The predicted molar refractivity (Wildman–Crippen MR) is 106 cm³/mol. The Morgan fingerprint density at radius 3 is 2.64 bits per heavy atom. The van der Waals surface area contributed by atoms with Gasteiger partial charge in [-0.15, -0.1) is 5.10 Å². The molecule has 6 heteroatoms. The van der Waals surface area contributed by atoms with Crippen molar-refractivity contribution in [2.24, 2.45) is 0 Å². The first-order valence-electron chi connectivity index (χ1n) is 9.35. The minimum absolute atomic E-state index is 0.0400. The Labute approximate surface area is 164 Å². The van der Waals surface area contributed by atoms with Gasteiger partial charge in [-0.25, -0.2) is 4.68 Å². The summed E-state index contributed by atoms with van der Waals surface area (Å²) in [6, 6.07) is 20.1. The van der Waals surface area contributed by atoms with Gasteiger partial charge >= 0.3 is 0 Å². The second-order valence-corrected chi connectivity index (χ2v) is 6.71. The number of amides is 1. The average molecular weight is 374 g/mol. The molecule has 0 bridgehead atoms. The molecule has 0 aliphatic carbocycles. The van der Waals surface area contributed by atoms with E-state index in [1.807, 2.05) is 71.8 Å². The Morgan fingerprint density at radius 1 is 1.11 bits per heavy atom. The van der Waals surface area contributed by atoms with Gasteiger partial charge in [0.1, 0.15) is 11.8 Å². The second kappa shape index (κ2) is 8.63. The fraction of sp³-hybridized carbons (Fsp3) is 0.227.